The number of para-hydroxylation sites is 1. The molecule has 0 bridgehead atoms. The van der Waals surface area contributed by atoms with Gasteiger partial charge in [-0.25, -0.2) is 0 Å². The molecule has 1 saturated heterocycles. The molecule has 152 valence electrons. The van der Waals surface area contributed by atoms with Gasteiger partial charge in [-0.3, -0.25) is 14.4 Å². The zero-order chi connectivity index (χ0) is 20.1. The molecule has 1 aromatic carbocycles. The van der Waals surface area contributed by atoms with E-state index in [0.29, 0.717) is 43.9 Å². The van der Waals surface area contributed by atoms with E-state index in [2.05, 4.69) is 10.6 Å². The highest BCUT2D eigenvalue weighted by Gasteiger charge is 2.40. The topological polar surface area (TPSA) is 97.0 Å². The lowest BCUT2D eigenvalue weighted by Gasteiger charge is -2.32. The summed E-state index contributed by atoms with van der Waals surface area (Å²) in [4.78, 5) is 38.7. The van der Waals surface area contributed by atoms with E-state index in [1.165, 1.54) is 0 Å². The number of carbonyl (C=O) groups is 3. The highest BCUT2D eigenvalue weighted by molar-refractivity contribution is 5.97. The SMILES string of the molecule is COCC(C)NC(=O)CN1CCC2(CCC1=O)CNC(=O)c1ccccc1O2. The number of rotatable bonds is 5. The molecule has 0 radical (unpaired) electrons. The number of amides is 3. The molecule has 0 saturated carbocycles. The average Bonchev–Trinajstić information content (AvgIpc) is 2.90. The van der Waals surface area contributed by atoms with Crippen LogP contribution in [0.25, 0.3) is 0 Å². The van der Waals surface area contributed by atoms with Gasteiger partial charge < -0.3 is 25.0 Å². The number of likely N-dealkylation sites (tertiary alicyclic amines) is 1. The van der Waals surface area contributed by atoms with Crippen molar-refractivity contribution in [3.63, 3.8) is 0 Å². The largest absolute Gasteiger partial charge is 0.485 e. The standard InChI is InChI=1S/C20H27N3O5/c1-14(12-27-2)22-17(24)11-23-10-9-20(8-7-18(23)25)13-21-19(26)15-5-3-4-6-16(15)28-20/h3-6,14H,7-13H2,1-2H3,(H,21,26)(H,22,24). The Morgan fingerprint density at radius 1 is 1.36 bits per heavy atom. The Labute approximate surface area is 164 Å². The Morgan fingerprint density at radius 3 is 2.93 bits per heavy atom. The Bertz CT molecular complexity index is 753. The van der Waals surface area contributed by atoms with Crippen LogP contribution in [0.1, 0.15) is 36.5 Å². The molecule has 2 unspecified atom stereocenters. The molecule has 1 aromatic rings. The number of nitrogens with zero attached hydrogens (tertiary/aromatic N) is 1. The molecular weight excluding hydrogens is 362 g/mol. The third kappa shape index (κ3) is 4.62. The van der Waals surface area contributed by atoms with Crippen LogP contribution in [0, 0.1) is 0 Å². The van der Waals surface area contributed by atoms with Crippen molar-refractivity contribution in [2.75, 3.05) is 33.4 Å². The fraction of sp³-hybridized carbons (Fsp3) is 0.550. The van der Waals surface area contributed by atoms with Crippen LogP contribution in [0.3, 0.4) is 0 Å². The van der Waals surface area contributed by atoms with Gasteiger partial charge in [-0.05, 0) is 25.5 Å². The summed E-state index contributed by atoms with van der Waals surface area (Å²) in [7, 11) is 1.57. The van der Waals surface area contributed by atoms with Crippen LogP contribution < -0.4 is 15.4 Å². The van der Waals surface area contributed by atoms with Crippen molar-refractivity contribution in [2.24, 2.45) is 0 Å². The van der Waals surface area contributed by atoms with Crippen molar-refractivity contribution < 1.29 is 23.9 Å². The summed E-state index contributed by atoms with van der Waals surface area (Å²) in [5.41, 5.74) is -0.162. The molecule has 2 aliphatic heterocycles. The lowest BCUT2D eigenvalue weighted by Crippen LogP contribution is -2.47. The third-order valence-electron chi connectivity index (χ3n) is 5.17. The predicted octanol–water partition coefficient (Wildman–Crippen LogP) is 0.711. The molecule has 3 rings (SSSR count). The zero-order valence-electron chi connectivity index (χ0n) is 16.3. The zero-order valence-corrected chi connectivity index (χ0v) is 16.3. The summed E-state index contributed by atoms with van der Waals surface area (Å²) in [5, 5.41) is 5.74. The maximum atomic E-state index is 12.6. The van der Waals surface area contributed by atoms with Crippen LogP contribution in [-0.4, -0.2) is 67.6 Å². The molecule has 2 N–H and O–H groups in total. The highest BCUT2D eigenvalue weighted by atomic mass is 16.5. The Balaban J connectivity index is 1.67. The second kappa shape index (κ2) is 8.60. The molecule has 2 aliphatic rings. The van der Waals surface area contributed by atoms with Crippen molar-refractivity contribution in [1.29, 1.82) is 0 Å². The molecule has 2 heterocycles. The normalized spacial score (nSPS) is 23.1. The number of carbonyl (C=O) groups excluding carboxylic acids is 3. The van der Waals surface area contributed by atoms with Gasteiger partial charge in [-0.1, -0.05) is 12.1 Å². The maximum Gasteiger partial charge on any atom is 0.255 e. The summed E-state index contributed by atoms with van der Waals surface area (Å²) in [6.45, 7) is 2.99. The van der Waals surface area contributed by atoms with E-state index in [1.807, 2.05) is 13.0 Å². The van der Waals surface area contributed by atoms with Crippen molar-refractivity contribution in [1.82, 2.24) is 15.5 Å². The lowest BCUT2D eigenvalue weighted by molar-refractivity contribution is -0.135. The van der Waals surface area contributed by atoms with E-state index >= 15 is 0 Å². The Morgan fingerprint density at radius 2 is 2.14 bits per heavy atom. The molecule has 8 nitrogen and oxygen atoms in total. The number of methoxy groups -OCH3 is 1. The van der Waals surface area contributed by atoms with E-state index in [-0.39, 0.29) is 36.7 Å². The van der Waals surface area contributed by atoms with E-state index in [0.717, 1.165) is 0 Å². The number of hydrogen-bond donors (Lipinski definition) is 2. The Hall–Kier alpha value is -2.61. The van der Waals surface area contributed by atoms with Crippen LogP contribution in [0.4, 0.5) is 0 Å². The minimum absolute atomic E-state index is 0.00587. The third-order valence-corrected chi connectivity index (χ3v) is 5.17. The summed E-state index contributed by atoms with van der Waals surface area (Å²) >= 11 is 0. The molecule has 1 spiro atoms. The molecule has 8 heteroatoms. The molecule has 0 aliphatic carbocycles. The first-order chi connectivity index (χ1) is 13.4. The molecule has 3 amide bonds. The van der Waals surface area contributed by atoms with Gasteiger partial charge in [0, 0.05) is 32.5 Å². The van der Waals surface area contributed by atoms with E-state index < -0.39 is 5.60 Å². The van der Waals surface area contributed by atoms with Crippen molar-refractivity contribution in [3.8, 4) is 5.75 Å². The fourth-order valence-corrected chi connectivity index (χ4v) is 3.66. The van der Waals surface area contributed by atoms with Gasteiger partial charge in [0.25, 0.3) is 5.91 Å². The summed E-state index contributed by atoms with van der Waals surface area (Å²) in [6.07, 6.45) is 1.28. The fourth-order valence-electron chi connectivity index (χ4n) is 3.66. The molecule has 0 aromatic heterocycles. The minimum Gasteiger partial charge on any atom is -0.485 e. The van der Waals surface area contributed by atoms with Gasteiger partial charge in [0.2, 0.25) is 11.8 Å². The molecule has 28 heavy (non-hydrogen) atoms. The number of benzene rings is 1. The van der Waals surface area contributed by atoms with E-state index in [1.54, 1.807) is 30.2 Å². The summed E-state index contributed by atoms with van der Waals surface area (Å²) in [5.74, 6) is 0.0594. The predicted molar refractivity (Wildman–Crippen MR) is 102 cm³/mol. The van der Waals surface area contributed by atoms with Crippen LogP contribution in [0.5, 0.6) is 5.75 Å². The molecule has 2 atom stereocenters. The van der Waals surface area contributed by atoms with Crippen molar-refractivity contribution in [3.05, 3.63) is 29.8 Å². The van der Waals surface area contributed by atoms with E-state index in [4.69, 9.17) is 9.47 Å². The first-order valence-corrected chi connectivity index (χ1v) is 9.55. The number of hydrogen-bond acceptors (Lipinski definition) is 5. The summed E-state index contributed by atoms with van der Waals surface area (Å²) < 4.78 is 11.3. The van der Waals surface area contributed by atoms with Gasteiger partial charge >= 0.3 is 0 Å². The molecular formula is C20H27N3O5. The molecule has 1 fully saturated rings. The van der Waals surface area contributed by atoms with Gasteiger partial charge in [0.1, 0.15) is 11.4 Å². The summed E-state index contributed by atoms with van der Waals surface area (Å²) in [6, 6.07) is 7.00. The first-order valence-electron chi connectivity index (χ1n) is 9.55. The second-order valence-corrected chi connectivity index (χ2v) is 7.45. The van der Waals surface area contributed by atoms with Crippen molar-refractivity contribution >= 4 is 17.7 Å². The number of fused-ring (bicyclic) bond motifs is 1. The Kier molecular flexibility index (Phi) is 6.18. The number of nitrogens with one attached hydrogen (secondary N) is 2. The highest BCUT2D eigenvalue weighted by Crippen LogP contribution is 2.33. The quantitative estimate of drug-likeness (QED) is 0.773. The van der Waals surface area contributed by atoms with Crippen LogP contribution in [-0.2, 0) is 14.3 Å². The lowest BCUT2D eigenvalue weighted by atomic mass is 9.94. The number of ether oxygens (including phenoxy) is 2. The van der Waals surface area contributed by atoms with Crippen LogP contribution in [0.2, 0.25) is 0 Å². The van der Waals surface area contributed by atoms with Gasteiger partial charge in [0.15, 0.2) is 0 Å². The maximum absolute atomic E-state index is 12.6. The van der Waals surface area contributed by atoms with Gasteiger partial charge in [0.05, 0.1) is 25.3 Å². The second-order valence-electron chi connectivity index (χ2n) is 7.45. The van der Waals surface area contributed by atoms with Crippen LogP contribution in [0.15, 0.2) is 24.3 Å². The first kappa shape index (κ1) is 20.1. The monoisotopic (exact) mass is 389 g/mol. The van der Waals surface area contributed by atoms with E-state index in [9.17, 15) is 14.4 Å². The smallest absolute Gasteiger partial charge is 0.255 e. The van der Waals surface area contributed by atoms with Crippen LogP contribution >= 0.6 is 0 Å². The van der Waals surface area contributed by atoms with Gasteiger partial charge in [-0.15, -0.1) is 0 Å². The van der Waals surface area contributed by atoms with Gasteiger partial charge in [-0.2, -0.15) is 0 Å². The minimum atomic E-state index is -0.660. The van der Waals surface area contributed by atoms with Crippen molar-refractivity contribution in [2.45, 2.75) is 37.8 Å². The average molecular weight is 389 g/mol.